The van der Waals surface area contributed by atoms with Gasteiger partial charge in [0.15, 0.2) is 5.72 Å². The normalized spacial score (nSPS) is 30.2. The van der Waals surface area contributed by atoms with Crippen molar-refractivity contribution in [2.45, 2.75) is 17.9 Å². The first-order valence-corrected chi connectivity index (χ1v) is 6.69. The van der Waals surface area contributed by atoms with Crippen LogP contribution in [0.1, 0.15) is 0 Å². The monoisotopic (exact) mass is 318 g/mol. The SMILES string of the molecule is OC[C@@]1(n2cnc3cc(Cl)c(Cl)cc32)OC[C@H](O)[C@@H]1O. The van der Waals surface area contributed by atoms with E-state index in [1.54, 1.807) is 12.1 Å². The van der Waals surface area contributed by atoms with Gasteiger partial charge in [-0.15, -0.1) is 0 Å². The molecule has 108 valence electrons. The number of ether oxygens (including phenoxy) is 1. The smallest absolute Gasteiger partial charge is 0.198 e. The summed E-state index contributed by atoms with van der Waals surface area (Å²) in [4.78, 5) is 4.15. The predicted molar refractivity (Wildman–Crippen MR) is 72.8 cm³/mol. The van der Waals surface area contributed by atoms with Crippen LogP contribution in [0, 0.1) is 0 Å². The Balaban J connectivity index is 2.21. The maximum atomic E-state index is 10.1. The van der Waals surface area contributed by atoms with E-state index in [9.17, 15) is 15.3 Å². The lowest BCUT2D eigenvalue weighted by molar-refractivity contribution is -0.149. The molecule has 6 nitrogen and oxygen atoms in total. The van der Waals surface area contributed by atoms with E-state index in [0.29, 0.717) is 21.1 Å². The third-order valence-corrected chi connectivity index (χ3v) is 4.28. The summed E-state index contributed by atoms with van der Waals surface area (Å²) in [5.41, 5.74) is -0.392. The van der Waals surface area contributed by atoms with E-state index < -0.39 is 24.5 Å². The Bertz CT molecular complexity index is 662. The Morgan fingerprint density at radius 2 is 2.05 bits per heavy atom. The van der Waals surface area contributed by atoms with Gasteiger partial charge in [0, 0.05) is 0 Å². The highest BCUT2D eigenvalue weighted by molar-refractivity contribution is 6.42. The van der Waals surface area contributed by atoms with Crippen molar-refractivity contribution in [1.82, 2.24) is 9.55 Å². The highest BCUT2D eigenvalue weighted by Gasteiger charge is 2.50. The van der Waals surface area contributed by atoms with Crippen LogP contribution in [0.3, 0.4) is 0 Å². The number of hydrogen-bond acceptors (Lipinski definition) is 5. The highest BCUT2D eigenvalue weighted by atomic mass is 35.5. The van der Waals surface area contributed by atoms with E-state index in [-0.39, 0.29) is 6.61 Å². The molecule has 1 aromatic carbocycles. The number of halogens is 2. The zero-order valence-electron chi connectivity index (χ0n) is 10.2. The summed E-state index contributed by atoms with van der Waals surface area (Å²) < 4.78 is 6.90. The topological polar surface area (TPSA) is 87.7 Å². The van der Waals surface area contributed by atoms with Crippen LogP contribution < -0.4 is 0 Å². The number of aromatic nitrogens is 2. The molecule has 3 rings (SSSR count). The van der Waals surface area contributed by atoms with Gasteiger partial charge < -0.3 is 20.1 Å². The summed E-state index contributed by atoms with van der Waals surface area (Å²) in [5, 5.41) is 30.1. The molecule has 0 amide bonds. The van der Waals surface area contributed by atoms with E-state index in [4.69, 9.17) is 27.9 Å². The van der Waals surface area contributed by atoms with Crippen molar-refractivity contribution in [2.75, 3.05) is 13.2 Å². The van der Waals surface area contributed by atoms with Crippen molar-refractivity contribution in [3.63, 3.8) is 0 Å². The van der Waals surface area contributed by atoms with Gasteiger partial charge in [-0.3, -0.25) is 4.57 Å². The van der Waals surface area contributed by atoms with Crippen LogP contribution in [-0.2, 0) is 10.5 Å². The van der Waals surface area contributed by atoms with Crippen molar-refractivity contribution in [3.8, 4) is 0 Å². The van der Waals surface area contributed by atoms with Gasteiger partial charge in [-0.1, -0.05) is 23.2 Å². The van der Waals surface area contributed by atoms with Crippen molar-refractivity contribution in [1.29, 1.82) is 0 Å². The zero-order chi connectivity index (χ0) is 14.5. The van der Waals surface area contributed by atoms with Gasteiger partial charge >= 0.3 is 0 Å². The van der Waals surface area contributed by atoms with Crippen LogP contribution in [0.4, 0.5) is 0 Å². The Morgan fingerprint density at radius 3 is 2.65 bits per heavy atom. The first-order valence-electron chi connectivity index (χ1n) is 5.93. The van der Waals surface area contributed by atoms with E-state index in [0.717, 1.165) is 0 Å². The second-order valence-corrected chi connectivity index (χ2v) is 5.51. The molecule has 0 unspecified atom stereocenters. The summed E-state index contributed by atoms with van der Waals surface area (Å²) in [6, 6.07) is 3.16. The van der Waals surface area contributed by atoms with Crippen LogP contribution in [0.25, 0.3) is 11.0 Å². The fourth-order valence-electron chi connectivity index (χ4n) is 2.44. The molecule has 0 aliphatic carbocycles. The minimum Gasteiger partial charge on any atom is -0.391 e. The van der Waals surface area contributed by atoms with Crippen molar-refractivity contribution in [2.24, 2.45) is 0 Å². The number of fused-ring (bicyclic) bond motifs is 1. The molecule has 1 aliphatic heterocycles. The first kappa shape index (κ1) is 14.1. The Morgan fingerprint density at radius 1 is 1.35 bits per heavy atom. The third kappa shape index (κ3) is 1.84. The van der Waals surface area contributed by atoms with E-state index in [2.05, 4.69) is 4.98 Å². The Kier molecular flexibility index (Phi) is 3.40. The van der Waals surface area contributed by atoms with E-state index in [1.807, 2.05) is 0 Å². The second-order valence-electron chi connectivity index (χ2n) is 4.70. The van der Waals surface area contributed by atoms with Gasteiger partial charge in [0.1, 0.15) is 12.2 Å². The van der Waals surface area contributed by atoms with Crippen LogP contribution >= 0.6 is 23.2 Å². The largest absolute Gasteiger partial charge is 0.391 e. The Labute approximate surface area is 124 Å². The molecule has 0 spiro atoms. The molecular formula is C12H12Cl2N2O4. The van der Waals surface area contributed by atoms with Crippen LogP contribution in [0.5, 0.6) is 0 Å². The van der Waals surface area contributed by atoms with E-state index in [1.165, 1.54) is 10.9 Å². The maximum Gasteiger partial charge on any atom is 0.198 e. The summed E-state index contributed by atoms with van der Waals surface area (Å²) in [6.07, 6.45) is -0.948. The summed E-state index contributed by atoms with van der Waals surface area (Å²) in [7, 11) is 0. The lowest BCUT2D eigenvalue weighted by Gasteiger charge is -2.31. The highest BCUT2D eigenvalue weighted by Crippen LogP contribution is 2.36. The molecule has 8 heteroatoms. The van der Waals surface area contributed by atoms with Crippen molar-refractivity contribution in [3.05, 3.63) is 28.5 Å². The van der Waals surface area contributed by atoms with Crippen molar-refractivity contribution >= 4 is 34.2 Å². The van der Waals surface area contributed by atoms with Crippen LogP contribution in [0.15, 0.2) is 18.5 Å². The molecule has 3 atom stereocenters. The minimum absolute atomic E-state index is 0.0806. The van der Waals surface area contributed by atoms with Gasteiger partial charge in [-0.25, -0.2) is 4.98 Å². The second kappa shape index (κ2) is 4.84. The van der Waals surface area contributed by atoms with Gasteiger partial charge in [-0.05, 0) is 12.1 Å². The van der Waals surface area contributed by atoms with Gasteiger partial charge in [-0.2, -0.15) is 0 Å². The van der Waals surface area contributed by atoms with E-state index >= 15 is 0 Å². The molecule has 0 radical (unpaired) electrons. The van der Waals surface area contributed by atoms with Crippen LogP contribution in [0.2, 0.25) is 10.0 Å². The van der Waals surface area contributed by atoms with Gasteiger partial charge in [0.25, 0.3) is 0 Å². The Hall–Kier alpha value is -0.890. The van der Waals surface area contributed by atoms with Gasteiger partial charge in [0.2, 0.25) is 0 Å². The number of hydrogen-bond donors (Lipinski definition) is 3. The minimum atomic E-state index is -1.48. The number of aliphatic hydroxyl groups is 3. The summed E-state index contributed by atoms with van der Waals surface area (Å²) in [5.74, 6) is 0. The number of aliphatic hydroxyl groups excluding tert-OH is 3. The maximum absolute atomic E-state index is 10.1. The molecule has 3 N–H and O–H groups in total. The summed E-state index contributed by atoms with van der Waals surface area (Å²) in [6.45, 7) is -0.598. The standard InChI is InChI=1S/C12H12Cl2N2O4/c13-6-1-8-9(2-7(6)14)16(5-15-8)12(4-17)11(19)10(18)3-20-12/h1-2,5,10-11,17-19H,3-4H2/t10-,11-,12+/m0/s1. The molecule has 0 bridgehead atoms. The lowest BCUT2D eigenvalue weighted by atomic mass is 10.1. The predicted octanol–water partition coefficient (Wildman–Crippen LogP) is 0.740. The fourth-order valence-corrected chi connectivity index (χ4v) is 2.76. The quantitative estimate of drug-likeness (QED) is 0.760. The molecule has 1 aliphatic rings. The fraction of sp³-hybridized carbons (Fsp3) is 0.417. The third-order valence-electron chi connectivity index (χ3n) is 3.55. The molecule has 1 fully saturated rings. The zero-order valence-corrected chi connectivity index (χ0v) is 11.7. The first-order chi connectivity index (χ1) is 9.49. The summed E-state index contributed by atoms with van der Waals surface area (Å²) >= 11 is 11.9. The average molecular weight is 319 g/mol. The lowest BCUT2D eigenvalue weighted by Crippen LogP contribution is -2.48. The molecule has 2 heterocycles. The average Bonchev–Trinajstić information content (AvgIpc) is 2.95. The number of benzene rings is 1. The molecule has 0 saturated carbocycles. The molecule has 2 aromatic rings. The molecular weight excluding hydrogens is 307 g/mol. The van der Waals surface area contributed by atoms with Crippen LogP contribution in [-0.4, -0.2) is 50.3 Å². The number of imidazole rings is 1. The molecule has 20 heavy (non-hydrogen) atoms. The number of rotatable bonds is 2. The van der Waals surface area contributed by atoms with Crippen molar-refractivity contribution < 1.29 is 20.1 Å². The number of nitrogens with zero attached hydrogens (tertiary/aromatic N) is 2. The molecule has 1 aromatic heterocycles. The molecule has 1 saturated heterocycles. The van der Waals surface area contributed by atoms with Gasteiger partial charge in [0.05, 0.1) is 40.6 Å².